The van der Waals surface area contributed by atoms with Gasteiger partial charge in [-0.15, -0.1) is 0 Å². The predicted molar refractivity (Wildman–Crippen MR) is 81.0 cm³/mol. The Balaban J connectivity index is 1.88. The first-order chi connectivity index (χ1) is 9.68. The van der Waals surface area contributed by atoms with Crippen LogP contribution >= 0.6 is 0 Å². The highest BCUT2D eigenvalue weighted by molar-refractivity contribution is 5.83. The number of amides is 2. The Kier molecular flexibility index (Phi) is 4.49. The van der Waals surface area contributed by atoms with Gasteiger partial charge in [0, 0.05) is 13.6 Å². The summed E-state index contributed by atoms with van der Waals surface area (Å²) in [4.78, 5) is 25.2. The number of aliphatic carboxylic acids is 1. The molecular formula is C16H28N2O3. The van der Waals surface area contributed by atoms with E-state index in [1.54, 1.807) is 11.9 Å². The molecule has 0 radical (unpaired) electrons. The molecule has 21 heavy (non-hydrogen) atoms. The van der Waals surface area contributed by atoms with Crippen LogP contribution in [0.5, 0.6) is 0 Å². The largest absolute Gasteiger partial charge is 0.480 e. The van der Waals surface area contributed by atoms with Crippen LogP contribution in [0.25, 0.3) is 0 Å². The van der Waals surface area contributed by atoms with Crippen molar-refractivity contribution in [3.05, 3.63) is 0 Å². The number of carboxylic acids is 1. The van der Waals surface area contributed by atoms with Crippen molar-refractivity contribution < 1.29 is 14.7 Å². The zero-order valence-electron chi connectivity index (χ0n) is 13.6. The zero-order chi connectivity index (χ0) is 15.8. The summed E-state index contributed by atoms with van der Waals surface area (Å²) in [6.45, 7) is 6.20. The van der Waals surface area contributed by atoms with Gasteiger partial charge in [-0.1, -0.05) is 27.2 Å². The molecular weight excluding hydrogens is 268 g/mol. The molecule has 2 rings (SSSR count). The summed E-state index contributed by atoms with van der Waals surface area (Å²) in [6, 6.07) is -1.15. The van der Waals surface area contributed by atoms with E-state index >= 15 is 0 Å². The standard InChI is InChI=1S/C16H28N2O3/c1-16(2,3)13(14(19)20)17-15(21)18(4)9-12-8-10-5-6-11(12)7-10/h10-13H,5-9H2,1-4H3,(H,17,21)(H,19,20)/t10?,11?,12?,13-/m0/s1. The average Bonchev–Trinajstić information content (AvgIpc) is 2.95. The molecule has 0 aromatic carbocycles. The third-order valence-electron chi connectivity index (χ3n) is 5.12. The highest BCUT2D eigenvalue weighted by Gasteiger charge is 2.40. The number of hydrogen-bond donors (Lipinski definition) is 2. The summed E-state index contributed by atoms with van der Waals surface area (Å²) in [5, 5.41) is 11.9. The lowest BCUT2D eigenvalue weighted by molar-refractivity contribution is -0.142. The van der Waals surface area contributed by atoms with Crippen molar-refractivity contribution in [2.75, 3.05) is 13.6 Å². The predicted octanol–water partition coefficient (Wildman–Crippen LogP) is 2.56. The Hall–Kier alpha value is -1.26. The number of hydrogen-bond acceptors (Lipinski definition) is 2. The van der Waals surface area contributed by atoms with E-state index < -0.39 is 17.4 Å². The fourth-order valence-corrected chi connectivity index (χ4v) is 3.92. The van der Waals surface area contributed by atoms with Crippen molar-refractivity contribution in [1.29, 1.82) is 0 Å². The molecule has 120 valence electrons. The number of nitrogens with zero attached hydrogens (tertiary/aromatic N) is 1. The normalized spacial score (nSPS) is 29.2. The zero-order valence-corrected chi connectivity index (χ0v) is 13.6. The summed E-state index contributed by atoms with van der Waals surface area (Å²) >= 11 is 0. The van der Waals surface area contributed by atoms with E-state index in [9.17, 15) is 14.7 Å². The van der Waals surface area contributed by atoms with Crippen LogP contribution in [-0.4, -0.2) is 41.6 Å². The van der Waals surface area contributed by atoms with Crippen LogP contribution in [0.1, 0.15) is 46.5 Å². The Bertz CT molecular complexity index is 416. The van der Waals surface area contributed by atoms with Gasteiger partial charge in [0.1, 0.15) is 6.04 Å². The van der Waals surface area contributed by atoms with E-state index in [1.807, 2.05) is 20.8 Å². The molecule has 0 aliphatic heterocycles. The van der Waals surface area contributed by atoms with Gasteiger partial charge in [0.05, 0.1) is 0 Å². The molecule has 2 amide bonds. The van der Waals surface area contributed by atoms with Crippen LogP contribution in [0.3, 0.4) is 0 Å². The second-order valence-electron chi connectivity index (χ2n) is 7.90. The SMILES string of the molecule is CN(CC1CC2CCC1C2)C(=O)N[C@@H](C(=O)O)C(C)(C)C. The molecule has 4 atom stereocenters. The highest BCUT2D eigenvalue weighted by Crippen LogP contribution is 2.48. The Morgan fingerprint density at radius 1 is 1.29 bits per heavy atom. The lowest BCUT2D eigenvalue weighted by Gasteiger charge is -2.32. The molecule has 3 unspecified atom stereocenters. The van der Waals surface area contributed by atoms with Crippen molar-refractivity contribution in [2.45, 2.75) is 52.5 Å². The average molecular weight is 296 g/mol. The second kappa shape index (κ2) is 5.85. The van der Waals surface area contributed by atoms with E-state index in [0.717, 1.165) is 18.4 Å². The monoisotopic (exact) mass is 296 g/mol. The molecule has 0 aromatic heterocycles. The first kappa shape index (κ1) is 16.1. The second-order valence-corrected chi connectivity index (χ2v) is 7.90. The summed E-state index contributed by atoms with van der Waals surface area (Å²) in [7, 11) is 1.77. The summed E-state index contributed by atoms with van der Waals surface area (Å²) in [5.74, 6) is 1.24. The van der Waals surface area contributed by atoms with Gasteiger partial charge in [-0.05, 0) is 42.4 Å². The van der Waals surface area contributed by atoms with Crippen molar-refractivity contribution in [2.24, 2.45) is 23.2 Å². The number of carbonyl (C=O) groups is 2. The van der Waals surface area contributed by atoms with Gasteiger partial charge in [-0.25, -0.2) is 9.59 Å². The number of fused-ring (bicyclic) bond motifs is 2. The molecule has 2 bridgehead atoms. The molecule has 2 aliphatic rings. The van der Waals surface area contributed by atoms with Crippen LogP contribution in [0, 0.1) is 23.2 Å². The molecule has 2 N–H and O–H groups in total. The van der Waals surface area contributed by atoms with E-state index in [2.05, 4.69) is 5.32 Å². The molecule has 0 aromatic rings. The van der Waals surface area contributed by atoms with Gasteiger partial charge in [-0.2, -0.15) is 0 Å². The van der Waals surface area contributed by atoms with Crippen molar-refractivity contribution in [3.8, 4) is 0 Å². The Labute approximate surface area is 127 Å². The molecule has 0 spiro atoms. The van der Waals surface area contributed by atoms with Crippen molar-refractivity contribution >= 4 is 12.0 Å². The summed E-state index contributed by atoms with van der Waals surface area (Å²) in [5.41, 5.74) is -0.505. The minimum atomic E-state index is -0.982. The number of carboxylic acid groups (broad SMARTS) is 1. The maximum absolute atomic E-state index is 12.3. The lowest BCUT2D eigenvalue weighted by Crippen LogP contribution is -2.53. The molecule has 2 fully saturated rings. The van der Waals surface area contributed by atoms with Crippen molar-refractivity contribution in [3.63, 3.8) is 0 Å². The van der Waals surface area contributed by atoms with Gasteiger partial charge < -0.3 is 15.3 Å². The lowest BCUT2D eigenvalue weighted by atomic mass is 9.87. The summed E-state index contributed by atoms with van der Waals surface area (Å²) in [6.07, 6.45) is 5.19. The number of nitrogens with one attached hydrogen (secondary N) is 1. The van der Waals surface area contributed by atoms with Gasteiger partial charge >= 0.3 is 12.0 Å². The fourth-order valence-electron chi connectivity index (χ4n) is 3.92. The molecule has 0 saturated heterocycles. The van der Waals surface area contributed by atoms with E-state index in [-0.39, 0.29) is 6.03 Å². The topological polar surface area (TPSA) is 69.6 Å². The van der Waals surface area contributed by atoms with E-state index in [0.29, 0.717) is 5.92 Å². The highest BCUT2D eigenvalue weighted by atomic mass is 16.4. The minimum absolute atomic E-state index is 0.278. The van der Waals surface area contributed by atoms with Gasteiger partial charge in [-0.3, -0.25) is 0 Å². The molecule has 0 heterocycles. The molecule has 2 saturated carbocycles. The summed E-state index contributed by atoms with van der Waals surface area (Å²) < 4.78 is 0. The van der Waals surface area contributed by atoms with Crippen LogP contribution in [0.15, 0.2) is 0 Å². The van der Waals surface area contributed by atoms with Gasteiger partial charge in [0.25, 0.3) is 0 Å². The number of urea groups is 1. The molecule has 5 nitrogen and oxygen atoms in total. The smallest absolute Gasteiger partial charge is 0.326 e. The first-order valence-electron chi connectivity index (χ1n) is 7.93. The molecule has 2 aliphatic carbocycles. The Morgan fingerprint density at radius 2 is 1.95 bits per heavy atom. The quantitative estimate of drug-likeness (QED) is 0.837. The van der Waals surface area contributed by atoms with Gasteiger partial charge in [0.2, 0.25) is 0 Å². The van der Waals surface area contributed by atoms with E-state index in [4.69, 9.17) is 0 Å². The Morgan fingerprint density at radius 3 is 2.38 bits per heavy atom. The number of rotatable bonds is 4. The third kappa shape index (κ3) is 3.69. The van der Waals surface area contributed by atoms with Crippen LogP contribution < -0.4 is 5.32 Å². The number of carbonyl (C=O) groups excluding carboxylic acids is 1. The van der Waals surface area contributed by atoms with Gasteiger partial charge in [0.15, 0.2) is 0 Å². The van der Waals surface area contributed by atoms with E-state index in [1.165, 1.54) is 25.7 Å². The molecule has 5 heteroatoms. The maximum atomic E-state index is 12.3. The fraction of sp³-hybridized carbons (Fsp3) is 0.875. The van der Waals surface area contributed by atoms with Crippen LogP contribution in [0.2, 0.25) is 0 Å². The third-order valence-corrected chi connectivity index (χ3v) is 5.12. The minimum Gasteiger partial charge on any atom is -0.480 e. The van der Waals surface area contributed by atoms with Crippen LogP contribution in [0.4, 0.5) is 4.79 Å². The maximum Gasteiger partial charge on any atom is 0.326 e. The first-order valence-corrected chi connectivity index (χ1v) is 7.93. The van der Waals surface area contributed by atoms with Crippen LogP contribution in [-0.2, 0) is 4.79 Å². The van der Waals surface area contributed by atoms with Crippen molar-refractivity contribution in [1.82, 2.24) is 10.2 Å².